The number of nitrogens with one attached hydrogen (secondary N) is 2. The van der Waals surface area contributed by atoms with Gasteiger partial charge in [0.05, 0.1) is 5.39 Å². The van der Waals surface area contributed by atoms with Crippen molar-refractivity contribution in [3.8, 4) is 0 Å². The van der Waals surface area contributed by atoms with Crippen LogP contribution in [0.15, 0.2) is 4.79 Å². The zero-order valence-corrected chi connectivity index (χ0v) is 15.5. The Balaban J connectivity index is 0.00000208. The summed E-state index contributed by atoms with van der Waals surface area (Å²) in [6.07, 6.45) is 3.02. The highest BCUT2D eigenvalue weighted by molar-refractivity contribution is 7.18. The molecule has 0 bridgehead atoms. The Bertz CT molecular complexity index is 797. The Morgan fingerprint density at radius 3 is 2.79 bits per heavy atom. The highest BCUT2D eigenvalue weighted by Crippen LogP contribution is 2.32. The highest BCUT2D eigenvalue weighted by Gasteiger charge is 2.31. The number of carbonyl (C=O) groups excluding carboxylic acids is 1. The largest absolute Gasteiger partial charge is 0.352 e. The molecule has 6 nitrogen and oxygen atoms in total. The van der Waals surface area contributed by atoms with Crippen LogP contribution in [-0.4, -0.2) is 28.5 Å². The predicted octanol–water partition coefficient (Wildman–Crippen LogP) is 1.81. The van der Waals surface area contributed by atoms with Gasteiger partial charge < -0.3 is 16.0 Å². The molecule has 0 aromatic carbocycles. The van der Waals surface area contributed by atoms with Crippen molar-refractivity contribution in [3.05, 3.63) is 26.6 Å². The standard InChI is InChI=1S/C16H22N4O2S.ClH/c1-8-9(2)23-16-14(8)15(22)19-12(20-16)5-6-13(21)18-11(7-17)10-3-4-10;/h10-11H,3-7,17H2,1-2H3,(H,18,21)(H,19,20,22);1H. The van der Waals surface area contributed by atoms with E-state index in [-0.39, 0.29) is 29.9 Å². The van der Waals surface area contributed by atoms with Crippen molar-refractivity contribution in [1.82, 2.24) is 15.3 Å². The Hall–Kier alpha value is -1.44. The van der Waals surface area contributed by atoms with E-state index >= 15 is 0 Å². The second-order valence-corrected chi connectivity index (χ2v) is 7.43. The molecular weight excluding hydrogens is 348 g/mol. The lowest BCUT2D eigenvalue weighted by Crippen LogP contribution is -2.41. The molecule has 24 heavy (non-hydrogen) atoms. The summed E-state index contributed by atoms with van der Waals surface area (Å²) in [6, 6.07) is 0.0829. The molecule has 4 N–H and O–H groups in total. The Morgan fingerprint density at radius 1 is 1.46 bits per heavy atom. The summed E-state index contributed by atoms with van der Waals surface area (Å²) < 4.78 is 0. The van der Waals surface area contributed by atoms with Crippen molar-refractivity contribution in [3.63, 3.8) is 0 Å². The lowest BCUT2D eigenvalue weighted by atomic mass is 10.1. The number of aromatic nitrogens is 2. The molecule has 1 aliphatic carbocycles. The van der Waals surface area contributed by atoms with Gasteiger partial charge in [0.1, 0.15) is 10.7 Å². The Morgan fingerprint density at radius 2 is 2.17 bits per heavy atom. The molecule has 132 valence electrons. The van der Waals surface area contributed by atoms with Crippen LogP contribution in [0.3, 0.4) is 0 Å². The summed E-state index contributed by atoms with van der Waals surface area (Å²) in [7, 11) is 0. The zero-order valence-electron chi connectivity index (χ0n) is 13.8. The molecule has 2 aromatic heterocycles. The van der Waals surface area contributed by atoms with Gasteiger partial charge in [0, 0.05) is 30.3 Å². The van der Waals surface area contributed by atoms with Gasteiger partial charge in [0.2, 0.25) is 5.91 Å². The van der Waals surface area contributed by atoms with E-state index in [0.717, 1.165) is 28.1 Å². The number of H-pyrrole nitrogens is 1. The van der Waals surface area contributed by atoms with E-state index in [1.165, 1.54) is 11.3 Å². The minimum atomic E-state index is -0.120. The zero-order chi connectivity index (χ0) is 16.6. The summed E-state index contributed by atoms with van der Waals surface area (Å²) in [5, 5.41) is 3.65. The fourth-order valence-corrected chi connectivity index (χ4v) is 3.85. The maximum atomic E-state index is 12.2. The molecule has 8 heteroatoms. The summed E-state index contributed by atoms with van der Waals surface area (Å²) in [5.41, 5.74) is 6.56. The minimum Gasteiger partial charge on any atom is -0.352 e. The molecule has 1 aliphatic rings. The van der Waals surface area contributed by atoms with Gasteiger partial charge in [-0.25, -0.2) is 4.98 Å². The second-order valence-electron chi connectivity index (χ2n) is 6.22. The number of amides is 1. The van der Waals surface area contributed by atoms with Gasteiger partial charge in [0.15, 0.2) is 0 Å². The van der Waals surface area contributed by atoms with Crippen molar-refractivity contribution in [2.45, 2.75) is 45.6 Å². The highest BCUT2D eigenvalue weighted by atomic mass is 35.5. The fraction of sp³-hybridized carbons (Fsp3) is 0.562. The lowest BCUT2D eigenvalue weighted by Gasteiger charge is -2.15. The quantitative estimate of drug-likeness (QED) is 0.721. The normalized spacial score (nSPS) is 15.1. The van der Waals surface area contributed by atoms with Crippen LogP contribution >= 0.6 is 23.7 Å². The lowest BCUT2D eigenvalue weighted by molar-refractivity contribution is -0.121. The first-order valence-electron chi connectivity index (χ1n) is 7.98. The topological polar surface area (TPSA) is 101 Å². The van der Waals surface area contributed by atoms with E-state index in [4.69, 9.17) is 5.73 Å². The monoisotopic (exact) mass is 370 g/mol. The van der Waals surface area contributed by atoms with E-state index in [1.54, 1.807) is 0 Å². The van der Waals surface area contributed by atoms with Gasteiger partial charge in [-0.15, -0.1) is 23.7 Å². The SMILES string of the molecule is Cc1sc2nc(CCC(=O)NC(CN)C3CC3)[nH]c(=O)c2c1C.Cl. The molecule has 1 amide bonds. The van der Waals surface area contributed by atoms with Crippen LogP contribution in [0.1, 0.15) is 35.5 Å². The minimum absolute atomic E-state index is 0. The average Bonchev–Trinajstić information content (AvgIpc) is 3.30. The van der Waals surface area contributed by atoms with Crippen molar-refractivity contribution in [1.29, 1.82) is 0 Å². The molecule has 3 rings (SSSR count). The van der Waals surface area contributed by atoms with Crippen molar-refractivity contribution < 1.29 is 4.79 Å². The number of aryl methyl sites for hydroxylation is 3. The third-order valence-corrected chi connectivity index (χ3v) is 5.57. The molecule has 0 spiro atoms. The first-order valence-corrected chi connectivity index (χ1v) is 8.79. The second kappa shape index (κ2) is 7.63. The Kier molecular flexibility index (Phi) is 6.01. The summed E-state index contributed by atoms with van der Waals surface area (Å²) in [4.78, 5) is 33.4. The van der Waals surface area contributed by atoms with Gasteiger partial charge in [-0.2, -0.15) is 0 Å². The van der Waals surface area contributed by atoms with E-state index < -0.39 is 0 Å². The van der Waals surface area contributed by atoms with Gasteiger partial charge >= 0.3 is 0 Å². The number of halogens is 1. The van der Waals surface area contributed by atoms with Crippen molar-refractivity contribution in [2.24, 2.45) is 11.7 Å². The molecule has 0 saturated heterocycles. The van der Waals surface area contributed by atoms with Crippen LogP contribution in [0.25, 0.3) is 10.2 Å². The van der Waals surface area contributed by atoms with E-state index in [1.807, 2.05) is 13.8 Å². The number of thiophene rings is 1. The van der Waals surface area contributed by atoms with Crippen LogP contribution in [0.2, 0.25) is 0 Å². The van der Waals surface area contributed by atoms with Crippen LogP contribution < -0.4 is 16.6 Å². The third kappa shape index (κ3) is 3.96. The van der Waals surface area contributed by atoms with Gasteiger partial charge in [-0.1, -0.05) is 0 Å². The van der Waals surface area contributed by atoms with E-state index in [9.17, 15) is 9.59 Å². The third-order valence-electron chi connectivity index (χ3n) is 4.47. The number of aromatic amines is 1. The molecule has 1 saturated carbocycles. The number of nitrogens with two attached hydrogens (primary N) is 1. The number of hydrogen-bond acceptors (Lipinski definition) is 5. The number of nitrogens with zero attached hydrogens (tertiary/aromatic N) is 1. The average molecular weight is 371 g/mol. The van der Waals surface area contributed by atoms with Crippen molar-refractivity contribution in [2.75, 3.05) is 6.54 Å². The first kappa shape index (κ1) is 18.9. The summed E-state index contributed by atoms with van der Waals surface area (Å²) in [6.45, 7) is 4.40. The number of hydrogen-bond donors (Lipinski definition) is 3. The predicted molar refractivity (Wildman–Crippen MR) is 99.0 cm³/mol. The smallest absolute Gasteiger partial charge is 0.259 e. The number of carbonyl (C=O) groups is 1. The molecule has 0 aliphatic heterocycles. The summed E-state index contributed by atoms with van der Waals surface area (Å²) in [5.74, 6) is 1.07. The molecule has 1 fully saturated rings. The summed E-state index contributed by atoms with van der Waals surface area (Å²) >= 11 is 1.52. The maximum absolute atomic E-state index is 12.2. The van der Waals surface area contributed by atoms with Crippen LogP contribution in [0.5, 0.6) is 0 Å². The van der Waals surface area contributed by atoms with Crippen LogP contribution in [0.4, 0.5) is 0 Å². The van der Waals surface area contributed by atoms with Crippen molar-refractivity contribution >= 4 is 39.9 Å². The fourth-order valence-electron chi connectivity index (χ4n) is 2.80. The van der Waals surface area contributed by atoms with E-state index in [0.29, 0.717) is 36.5 Å². The molecule has 1 atom stereocenters. The first-order chi connectivity index (χ1) is 11.0. The van der Waals surface area contributed by atoms with Crippen LogP contribution in [0, 0.1) is 19.8 Å². The molecule has 1 unspecified atom stereocenters. The van der Waals surface area contributed by atoms with E-state index in [2.05, 4.69) is 15.3 Å². The van der Waals surface area contributed by atoms with Gasteiger partial charge in [0.25, 0.3) is 5.56 Å². The number of fused-ring (bicyclic) bond motifs is 1. The van der Waals surface area contributed by atoms with Crippen LogP contribution in [-0.2, 0) is 11.2 Å². The molecule has 0 radical (unpaired) electrons. The van der Waals surface area contributed by atoms with Gasteiger partial charge in [-0.05, 0) is 38.2 Å². The molecular formula is C16H23ClN4O2S. The maximum Gasteiger partial charge on any atom is 0.259 e. The Labute approximate surface area is 150 Å². The van der Waals surface area contributed by atoms with Gasteiger partial charge in [-0.3, -0.25) is 9.59 Å². The number of rotatable bonds is 6. The molecule has 2 aromatic rings. The molecule has 2 heterocycles.